The highest BCUT2D eigenvalue weighted by Gasteiger charge is 2.19. The SMILES string of the molecule is CC(=O)c1cccc(NC(=O)CSc2nnc(-c3ccc(C(C)(C)C)cc3)n2-c2ccc(C)cc2)c1. The first-order chi connectivity index (χ1) is 17.1. The minimum absolute atomic E-state index is 0.0465. The number of Topliss-reactive ketones (excluding diaryl/α,β-unsaturated/α-hetero) is 1. The Balaban J connectivity index is 1.59. The van der Waals surface area contributed by atoms with Crippen LogP contribution in [0.2, 0.25) is 0 Å². The Kier molecular flexibility index (Phi) is 7.40. The monoisotopic (exact) mass is 498 g/mol. The zero-order valence-electron chi connectivity index (χ0n) is 21.2. The second kappa shape index (κ2) is 10.5. The minimum atomic E-state index is -0.185. The number of carbonyl (C=O) groups excluding carboxylic acids is 2. The fraction of sp³-hybridized carbons (Fsp3) is 0.241. The molecule has 36 heavy (non-hydrogen) atoms. The molecule has 1 aromatic heterocycles. The molecule has 0 bridgehead atoms. The van der Waals surface area contributed by atoms with E-state index < -0.39 is 0 Å². The number of aromatic nitrogens is 3. The molecule has 0 spiro atoms. The van der Waals surface area contributed by atoms with Gasteiger partial charge in [-0.1, -0.05) is 86.6 Å². The summed E-state index contributed by atoms with van der Waals surface area (Å²) < 4.78 is 1.99. The molecule has 0 aliphatic heterocycles. The Morgan fingerprint density at radius 3 is 2.28 bits per heavy atom. The number of aryl methyl sites for hydroxylation is 1. The van der Waals surface area contributed by atoms with Gasteiger partial charge in [0.15, 0.2) is 16.8 Å². The third kappa shape index (κ3) is 5.91. The van der Waals surface area contributed by atoms with Crippen molar-refractivity contribution in [2.75, 3.05) is 11.1 Å². The van der Waals surface area contributed by atoms with Crippen LogP contribution in [0.4, 0.5) is 5.69 Å². The number of anilines is 1. The number of thioether (sulfide) groups is 1. The Morgan fingerprint density at radius 1 is 0.944 bits per heavy atom. The third-order valence-electron chi connectivity index (χ3n) is 5.82. The summed E-state index contributed by atoms with van der Waals surface area (Å²) in [5.41, 5.74) is 5.49. The molecule has 0 saturated heterocycles. The lowest BCUT2D eigenvalue weighted by Crippen LogP contribution is -2.15. The smallest absolute Gasteiger partial charge is 0.234 e. The van der Waals surface area contributed by atoms with Crippen LogP contribution in [0.25, 0.3) is 17.1 Å². The van der Waals surface area contributed by atoms with Crippen molar-refractivity contribution >= 4 is 29.1 Å². The topological polar surface area (TPSA) is 76.9 Å². The van der Waals surface area contributed by atoms with Gasteiger partial charge in [0.25, 0.3) is 0 Å². The Bertz CT molecular complexity index is 1380. The third-order valence-corrected chi connectivity index (χ3v) is 6.75. The van der Waals surface area contributed by atoms with Crippen LogP contribution in [-0.2, 0) is 10.2 Å². The molecule has 184 valence electrons. The van der Waals surface area contributed by atoms with E-state index in [1.165, 1.54) is 24.2 Å². The first-order valence-corrected chi connectivity index (χ1v) is 12.8. The molecule has 0 radical (unpaired) electrons. The van der Waals surface area contributed by atoms with Crippen molar-refractivity contribution in [3.8, 4) is 17.1 Å². The summed E-state index contributed by atoms with van der Waals surface area (Å²) in [6.45, 7) is 10.1. The van der Waals surface area contributed by atoms with Gasteiger partial charge in [-0.05, 0) is 49.1 Å². The molecular weight excluding hydrogens is 468 g/mol. The number of ketones is 1. The summed E-state index contributed by atoms with van der Waals surface area (Å²) in [6, 6.07) is 23.5. The van der Waals surface area contributed by atoms with E-state index in [9.17, 15) is 9.59 Å². The van der Waals surface area contributed by atoms with Crippen LogP contribution in [0.1, 0.15) is 49.2 Å². The summed E-state index contributed by atoms with van der Waals surface area (Å²) in [6.07, 6.45) is 0. The van der Waals surface area contributed by atoms with Gasteiger partial charge in [-0.15, -0.1) is 10.2 Å². The average Bonchev–Trinajstić information content (AvgIpc) is 3.27. The van der Waals surface area contributed by atoms with E-state index in [1.807, 2.05) is 35.8 Å². The lowest BCUT2D eigenvalue weighted by atomic mass is 9.87. The second-order valence-corrected chi connectivity index (χ2v) is 10.7. The van der Waals surface area contributed by atoms with Gasteiger partial charge in [0.2, 0.25) is 5.91 Å². The van der Waals surface area contributed by atoms with Crippen molar-refractivity contribution in [3.63, 3.8) is 0 Å². The fourth-order valence-corrected chi connectivity index (χ4v) is 4.49. The molecule has 0 aliphatic rings. The van der Waals surface area contributed by atoms with E-state index in [2.05, 4.69) is 60.6 Å². The van der Waals surface area contributed by atoms with Gasteiger partial charge in [0.1, 0.15) is 0 Å². The minimum Gasteiger partial charge on any atom is -0.325 e. The predicted molar refractivity (Wildman–Crippen MR) is 146 cm³/mol. The summed E-state index contributed by atoms with van der Waals surface area (Å²) in [5, 5.41) is 12.4. The number of hydrogen-bond acceptors (Lipinski definition) is 5. The zero-order chi connectivity index (χ0) is 25.9. The van der Waals surface area contributed by atoms with Crippen LogP contribution in [0.3, 0.4) is 0 Å². The van der Waals surface area contributed by atoms with Crippen molar-refractivity contribution in [3.05, 3.63) is 89.5 Å². The maximum atomic E-state index is 12.7. The Morgan fingerprint density at radius 2 is 1.64 bits per heavy atom. The maximum Gasteiger partial charge on any atom is 0.234 e. The van der Waals surface area contributed by atoms with E-state index in [-0.39, 0.29) is 22.9 Å². The Labute approximate surface area is 216 Å². The van der Waals surface area contributed by atoms with E-state index in [1.54, 1.807) is 24.3 Å². The molecule has 0 atom stereocenters. The largest absolute Gasteiger partial charge is 0.325 e. The molecule has 1 amide bonds. The van der Waals surface area contributed by atoms with Crippen LogP contribution in [0.15, 0.2) is 78.0 Å². The summed E-state index contributed by atoms with van der Waals surface area (Å²) >= 11 is 1.32. The van der Waals surface area contributed by atoms with Gasteiger partial charge in [0, 0.05) is 22.5 Å². The number of hydrogen-bond donors (Lipinski definition) is 1. The van der Waals surface area contributed by atoms with Crippen molar-refractivity contribution in [1.82, 2.24) is 14.8 Å². The standard InChI is InChI=1S/C29H30N4O2S/c1-19-9-15-25(16-10-19)33-27(21-11-13-23(14-12-21)29(3,4)5)31-32-28(33)36-18-26(35)30-24-8-6-7-22(17-24)20(2)34/h6-17H,18H2,1-5H3,(H,30,35). The molecule has 3 aromatic carbocycles. The first-order valence-electron chi connectivity index (χ1n) is 11.8. The summed E-state index contributed by atoms with van der Waals surface area (Å²) in [4.78, 5) is 24.3. The van der Waals surface area contributed by atoms with Crippen LogP contribution < -0.4 is 5.32 Å². The van der Waals surface area contributed by atoms with Crippen LogP contribution in [0.5, 0.6) is 0 Å². The number of carbonyl (C=O) groups is 2. The Hall–Kier alpha value is -3.71. The highest BCUT2D eigenvalue weighted by atomic mass is 32.2. The molecule has 4 rings (SSSR count). The average molecular weight is 499 g/mol. The predicted octanol–water partition coefficient (Wildman–Crippen LogP) is 6.47. The van der Waals surface area contributed by atoms with E-state index in [4.69, 9.17) is 0 Å². The van der Waals surface area contributed by atoms with Gasteiger partial charge >= 0.3 is 0 Å². The van der Waals surface area contributed by atoms with Crippen molar-refractivity contribution in [2.45, 2.75) is 45.2 Å². The molecular formula is C29H30N4O2S. The number of nitrogens with zero attached hydrogens (tertiary/aromatic N) is 3. The maximum absolute atomic E-state index is 12.7. The highest BCUT2D eigenvalue weighted by Crippen LogP contribution is 2.30. The van der Waals surface area contributed by atoms with E-state index >= 15 is 0 Å². The van der Waals surface area contributed by atoms with Crippen LogP contribution in [-0.4, -0.2) is 32.2 Å². The van der Waals surface area contributed by atoms with Crippen molar-refractivity contribution < 1.29 is 9.59 Å². The summed E-state index contributed by atoms with van der Waals surface area (Å²) in [5.74, 6) is 0.637. The number of nitrogens with one attached hydrogen (secondary N) is 1. The van der Waals surface area contributed by atoms with Gasteiger partial charge < -0.3 is 5.32 Å². The van der Waals surface area contributed by atoms with Gasteiger partial charge in [-0.3, -0.25) is 14.2 Å². The zero-order valence-corrected chi connectivity index (χ0v) is 22.0. The molecule has 1 heterocycles. The number of benzene rings is 3. The molecule has 6 nitrogen and oxygen atoms in total. The van der Waals surface area contributed by atoms with Crippen molar-refractivity contribution in [2.24, 2.45) is 0 Å². The second-order valence-electron chi connectivity index (χ2n) is 9.78. The quantitative estimate of drug-likeness (QED) is 0.233. The number of rotatable bonds is 7. The van der Waals surface area contributed by atoms with Gasteiger partial charge in [-0.2, -0.15) is 0 Å². The fourth-order valence-electron chi connectivity index (χ4n) is 3.74. The van der Waals surface area contributed by atoms with Gasteiger partial charge in [0.05, 0.1) is 5.75 Å². The highest BCUT2D eigenvalue weighted by molar-refractivity contribution is 7.99. The van der Waals surface area contributed by atoms with Crippen LogP contribution >= 0.6 is 11.8 Å². The molecule has 0 saturated carbocycles. The van der Waals surface area contributed by atoms with E-state index in [0.717, 1.165) is 22.6 Å². The van der Waals surface area contributed by atoms with Crippen LogP contribution in [0, 0.1) is 6.92 Å². The van der Waals surface area contributed by atoms with Gasteiger partial charge in [-0.25, -0.2) is 0 Å². The lowest BCUT2D eigenvalue weighted by molar-refractivity contribution is -0.113. The molecule has 0 unspecified atom stereocenters. The molecule has 0 fully saturated rings. The lowest BCUT2D eigenvalue weighted by Gasteiger charge is -2.19. The number of amides is 1. The summed E-state index contributed by atoms with van der Waals surface area (Å²) in [7, 11) is 0. The van der Waals surface area contributed by atoms with E-state index in [0.29, 0.717) is 16.4 Å². The molecule has 7 heteroatoms. The van der Waals surface area contributed by atoms with Crippen molar-refractivity contribution in [1.29, 1.82) is 0 Å². The first kappa shape index (κ1) is 25.4. The molecule has 4 aromatic rings. The molecule has 1 N–H and O–H groups in total. The normalized spacial score (nSPS) is 11.4. The molecule has 0 aliphatic carbocycles.